The SMILES string of the molecule is CC1(C)CCC(N2CCN(c3ccccc3)CC2)C1.O=CO. The molecule has 2 aliphatic rings. The van der Waals surface area contributed by atoms with Gasteiger partial charge in [-0.15, -0.1) is 0 Å². The zero-order valence-electron chi connectivity index (χ0n) is 13.7. The molecule has 1 atom stereocenters. The number of para-hydroxylation sites is 1. The van der Waals surface area contributed by atoms with Gasteiger partial charge in [-0.1, -0.05) is 32.0 Å². The van der Waals surface area contributed by atoms with Gasteiger partial charge in [0.15, 0.2) is 0 Å². The van der Waals surface area contributed by atoms with Gasteiger partial charge in [0, 0.05) is 37.9 Å². The molecule has 1 aromatic rings. The molecule has 1 aliphatic carbocycles. The predicted octanol–water partition coefficient (Wildman–Crippen LogP) is 3.09. The van der Waals surface area contributed by atoms with Gasteiger partial charge >= 0.3 is 0 Å². The largest absolute Gasteiger partial charge is 0.483 e. The Balaban J connectivity index is 0.000000545. The average molecular weight is 304 g/mol. The van der Waals surface area contributed by atoms with E-state index in [1.165, 1.54) is 51.1 Å². The third-order valence-electron chi connectivity index (χ3n) is 4.89. The molecule has 0 aromatic heterocycles. The lowest BCUT2D eigenvalue weighted by atomic mass is 9.91. The van der Waals surface area contributed by atoms with E-state index in [1.54, 1.807) is 0 Å². The fourth-order valence-corrected chi connectivity index (χ4v) is 3.70. The summed E-state index contributed by atoms with van der Waals surface area (Å²) in [4.78, 5) is 13.6. The number of carbonyl (C=O) groups is 1. The highest BCUT2D eigenvalue weighted by Gasteiger charge is 2.35. The highest BCUT2D eigenvalue weighted by atomic mass is 16.3. The van der Waals surface area contributed by atoms with Crippen LogP contribution in [0.3, 0.4) is 0 Å². The van der Waals surface area contributed by atoms with Crippen molar-refractivity contribution < 1.29 is 9.90 Å². The van der Waals surface area contributed by atoms with Crippen LogP contribution in [0, 0.1) is 5.41 Å². The summed E-state index contributed by atoms with van der Waals surface area (Å²) >= 11 is 0. The molecule has 4 heteroatoms. The second-order valence-electron chi connectivity index (χ2n) is 7.02. The minimum Gasteiger partial charge on any atom is -0.483 e. The van der Waals surface area contributed by atoms with Crippen molar-refractivity contribution >= 4 is 12.2 Å². The van der Waals surface area contributed by atoms with E-state index in [9.17, 15) is 0 Å². The fraction of sp³-hybridized carbons (Fsp3) is 0.611. The molecule has 1 saturated heterocycles. The van der Waals surface area contributed by atoms with E-state index in [1.807, 2.05) is 0 Å². The summed E-state index contributed by atoms with van der Waals surface area (Å²) in [7, 11) is 0. The fourth-order valence-electron chi connectivity index (χ4n) is 3.70. The first kappa shape index (κ1) is 16.8. The lowest BCUT2D eigenvalue weighted by Crippen LogP contribution is -2.50. The molecule has 1 unspecified atom stereocenters. The van der Waals surface area contributed by atoms with E-state index >= 15 is 0 Å². The highest BCUT2D eigenvalue weighted by molar-refractivity contribution is 5.46. The Labute approximate surface area is 133 Å². The number of anilines is 1. The van der Waals surface area contributed by atoms with Crippen molar-refractivity contribution in [3.05, 3.63) is 30.3 Å². The summed E-state index contributed by atoms with van der Waals surface area (Å²) in [6.07, 6.45) is 4.19. The maximum atomic E-state index is 8.36. The molecule has 1 heterocycles. The van der Waals surface area contributed by atoms with Crippen LogP contribution in [-0.4, -0.2) is 48.7 Å². The molecular formula is C18H28N2O2. The molecule has 1 saturated carbocycles. The van der Waals surface area contributed by atoms with E-state index in [2.05, 4.69) is 54.0 Å². The zero-order chi connectivity index (χ0) is 16.0. The van der Waals surface area contributed by atoms with Gasteiger partial charge in [-0.05, 0) is 36.8 Å². The first-order valence-electron chi connectivity index (χ1n) is 8.17. The van der Waals surface area contributed by atoms with Crippen molar-refractivity contribution in [2.24, 2.45) is 5.41 Å². The molecule has 1 aliphatic heterocycles. The molecule has 3 rings (SSSR count). The molecule has 2 fully saturated rings. The van der Waals surface area contributed by atoms with Crippen molar-refractivity contribution in [1.29, 1.82) is 0 Å². The molecule has 4 nitrogen and oxygen atoms in total. The first-order valence-corrected chi connectivity index (χ1v) is 8.17. The van der Waals surface area contributed by atoms with E-state index in [4.69, 9.17) is 9.90 Å². The summed E-state index contributed by atoms with van der Waals surface area (Å²) in [5, 5.41) is 6.89. The number of benzene rings is 1. The highest BCUT2D eigenvalue weighted by Crippen LogP contribution is 2.39. The second kappa shape index (κ2) is 7.63. The van der Waals surface area contributed by atoms with Gasteiger partial charge in [-0.25, -0.2) is 0 Å². The minimum absolute atomic E-state index is 0.250. The summed E-state index contributed by atoms with van der Waals surface area (Å²) in [5.41, 5.74) is 1.95. The topological polar surface area (TPSA) is 43.8 Å². The molecule has 0 radical (unpaired) electrons. The van der Waals surface area contributed by atoms with Gasteiger partial charge in [0.05, 0.1) is 0 Å². The Kier molecular flexibility index (Phi) is 5.83. The van der Waals surface area contributed by atoms with Gasteiger partial charge < -0.3 is 10.0 Å². The van der Waals surface area contributed by atoms with E-state index in [0.29, 0.717) is 5.41 Å². The smallest absolute Gasteiger partial charge is 0.290 e. The molecule has 1 aromatic carbocycles. The average Bonchev–Trinajstić information content (AvgIpc) is 2.89. The molecule has 122 valence electrons. The minimum atomic E-state index is -0.250. The van der Waals surface area contributed by atoms with Gasteiger partial charge in [0.2, 0.25) is 0 Å². The van der Waals surface area contributed by atoms with Gasteiger partial charge in [0.25, 0.3) is 6.47 Å². The van der Waals surface area contributed by atoms with Crippen LogP contribution >= 0.6 is 0 Å². The lowest BCUT2D eigenvalue weighted by molar-refractivity contribution is -0.122. The third-order valence-corrected chi connectivity index (χ3v) is 4.89. The van der Waals surface area contributed by atoms with E-state index < -0.39 is 0 Å². The van der Waals surface area contributed by atoms with Gasteiger partial charge in [-0.3, -0.25) is 9.69 Å². The number of rotatable bonds is 2. The Morgan fingerprint density at radius 3 is 2.23 bits per heavy atom. The summed E-state index contributed by atoms with van der Waals surface area (Å²) in [6.45, 7) is 9.42. The summed E-state index contributed by atoms with van der Waals surface area (Å²) in [5.74, 6) is 0. The number of nitrogens with zero attached hydrogens (tertiary/aromatic N) is 2. The Hall–Kier alpha value is -1.55. The van der Waals surface area contributed by atoms with E-state index in [-0.39, 0.29) is 6.47 Å². The van der Waals surface area contributed by atoms with Gasteiger partial charge in [0.1, 0.15) is 0 Å². The van der Waals surface area contributed by atoms with Crippen LogP contribution in [-0.2, 0) is 4.79 Å². The maximum absolute atomic E-state index is 8.36. The van der Waals surface area contributed by atoms with Crippen LogP contribution < -0.4 is 4.90 Å². The maximum Gasteiger partial charge on any atom is 0.290 e. The van der Waals surface area contributed by atoms with Crippen molar-refractivity contribution in [3.8, 4) is 0 Å². The van der Waals surface area contributed by atoms with Crippen LogP contribution in [0.5, 0.6) is 0 Å². The zero-order valence-corrected chi connectivity index (χ0v) is 13.7. The van der Waals surface area contributed by atoms with Crippen LogP contribution in [0.25, 0.3) is 0 Å². The molecule has 1 N–H and O–H groups in total. The monoisotopic (exact) mass is 304 g/mol. The Bertz CT molecular complexity index is 453. The predicted molar refractivity (Wildman–Crippen MR) is 90.3 cm³/mol. The van der Waals surface area contributed by atoms with Crippen LogP contribution in [0.4, 0.5) is 5.69 Å². The molecular weight excluding hydrogens is 276 g/mol. The van der Waals surface area contributed by atoms with Crippen LogP contribution in [0.2, 0.25) is 0 Å². The second-order valence-corrected chi connectivity index (χ2v) is 7.02. The molecule has 0 spiro atoms. The number of hydrogen-bond donors (Lipinski definition) is 1. The van der Waals surface area contributed by atoms with Crippen molar-refractivity contribution in [1.82, 2.24) is 4.90 Å². The number of hydrogen-bond acceptors (Lipinski definition) is 3. The van der Waals surface area contributed by atoms with E-state index in [0.717, 1.165) is 6.04 Å². The van der Waals surface area contributed by atoms with Crippen molar-refractivity contribution in [2.75, 3.05) is 31.1 Å². The lowest BCUT2D eigenvalue weighted by Gasteiger charge is -2.39. The van der Waals surface area contributed by atoms with Crippen LogP contribution in [0.15, 0.2) is 30.3 Å². The number of piperazine rings is 1. The Morgan fingerprint density at radius 2 is 1.73 bits per heavy atom. The Morgan fingerprint density at radius 1 is 1.14 bits per heavy atom. The standard InChI is InChI=1S/C17H26N2.CH2O2/c1-17(2)9-8-16(14-17)19-12-10-18(11-13-19)15-6-4-3-5-7-15;2-1-3/h3-7,16H,8-14H2,1-2H3;1H,(H,2,3). The first-order chi connectivity index (χ1) is 10.6. The van der Waals surface area contributed by atoms with Crippen molar-refractivity contribution in [3.63, 3.8) is 0 Å². The molecule has 22 heavy (non-hydrogen) atoms. The normalized spacial score (nSPS) is 24.5. The van der Waals surface area contributed by atoms with Gasteiger partial charge in [-0.2, -0.15) is 0 Å². The summed E-state index contributed by atoms with van der Waals surface area (Å²) < 4.78 is 0. The quantitative estimate of drug-likeness (QED) is 0.853. The summed E-state index contributed by atoms with van der Waals surface area (Å²) in [6, 6.07) is 11.7. The van der Waals surface area contributed by atoms with Crippen LogP contribution in [0.1, 0.15) is 33.1 Å². The van der Waals surface area contributed by atoms with Crippen molar-refractivity contribution in [2.45, 2.75) is 39.2 Å². The number of carboxylic acid groups (broad SMARTS) is 1. The third kappa shape index (κ3) is 4.47. The molecule has 0 bridgehead atoms. The molecule has 0 amide bonds.